The summed E-state index contributed by atoms with van der Waals surface area (Å²) in [4.78, 5) is 97.6. The number of benzene rings is 2. The van der Waals surface area contributed by atoms with Crippen molar-refractivity contribution in [3.05, 3.63) is 65.7 Å². The van der Waals surface area contributed by atoms with Gasteiger partial charge in [-0.3, -0.25) is 33.6 Å². The fourth-order valence-corrected chi connectivity index (χ4v) is 7.87. The SMILES string of the molecule is CCCC(NC(=O)[C@@H]1C[C@@H]2CN1C(=O)[C@H](C1CCCCC1)NC(=O)Cc1cccc(c1)OCCCCO2)C(=O)C(=O)NCC(=O)N[C@H](C(=O)N(C)C)c1ccccc1. The predicted octanol–water partition coefficient (Wildman–Crippen LogP) is 2.37. The van der Waals surface area contributed by atoms with Gasteiger partial charge in [0.15, 0.2) is 0 Å². The van der Waals surface area contributed by atoms with Crippen LogP contribution in [0.2, 0.25) is 0 Å². The second-order valence-corrected chi connectivity index (χ2v) is 15.6. The fraction of sp³-hybridized carbons (Fsp3) is 0.558. The normalized spacial score (nSPS) is 21.6. The van der Waals surface area contributed by atoms with Crippen LogP contribution in [0.5, 0.6) is 5.75 Å². The summed E-state index contributed by atoms with van der Waals surface area (Å²) in [5, 5.41) is 10.7. The summed E-state index contributed by atoms with van der Waals surface area (Å²) in [6, 6.07) is 11.9. The van der Waals surface area contributed by atoms with Crippen molar-refractivity contribution < 1.29 is 43.0 Å². The van der Waals surface area contributed by atoms with Gasteiger partial charge < -0.3 is 40.5 Å². The van der Waals surface area contributed by atoms with Gasteiger partial charge in [-0.2, -0.15) is 0 Å². The molecule has 6 amide bonds. The van der Waals surface area contributed by atoms with Gasteiger partial charge in [-0.05, 0) is 61.3 Å². The Hall–Kier alpha value is -5.31. The second-order valence-electron chi connectivity index (χ2n) is 15.6. The van der Waals surface area contributed by atoms with Gasteiger partial charge in [-0.1, -0.05) is 75.1 Å². The molecule has 3 aliphatic rings. The molecule has 15 nitrogen and oxygen atoms in total. The van der Waals surface area contributed by atoms with Crippen LogP contribution in [0, 0.1) is 5.92 Å². The topological polar surface area (TPSA) is 193 Å². The fourth-order valence-electron chi connectivity index (χ4n) is 7.87. The number of ketones is 1. The number of likely N-dealkylation sites (N-methyl/N-ethyl adjacent to an activating group) is 1. The molecule has 15 heteroatoms. The number of hydrogen-bond donors (Lipinski definition) is 4. The van der Waals surface area contributed by atoms with Crippen molar-refractivity contribution >= 4 is 41.2 Å². The smallest absolute Gasteiger partial charge is 0.290 e. The van der Waals surface area contributed by atoms with E-state index in [1.54, 1.807) is 51.4 Å². The van der Waals surface area contributed by atoms with Crippen LogP contribution >= 0.6 is 0 Å². The van der Waals surface area contributed by atoms with Crippen LogP contribution in [0.4, 0.5) is 0 Å². The molecule has 4 bridgehead atoms. The largest absolute Gasteiger partial charge is 0.494 e. The number of nitrogens with one attached hydrogen (secondary N) is 4. The molecular weight excluding hydrogens is 745 g/mol. The number of Topliss-reactive ketones (excluding diaryl/α,β-unsaturated/α-hetero) is 1. The van der Waals surface area contributed by atoms with Gasteiger partial charge in [0.2, 0.25) is 35.3 Å². The van der Waals surface area contributed by atoms with Gasteiger partial charge in [-0.25, -0.2) is 0 Å². The summed E-state index contributed by atoms with van der Waals surface area (Å²) >= 11 is 0. The molecule has 58 heavy (non-hydrogen) atoms. The lowest BCUT2D eigenvalue weighted by Crippen LogP contribution is -2.58. The Bertz CT molecular complexity index is 1770. The summed E-state index contributed by atoms with van der Waals surface area (Å²) in [7, 11) is 3.12. The minimum Gasteiger partial charge on any atom is -0.494 e. The molecule has 2 heterocycles. The summed E-state index contributed by atoms with van der Waals surface area (Å²) in [5.41, 5.74) is 1.30. The van der Waals surface area contributed by atoms with E-state index < -0.39 is 60.3 Å². The Morgan fingerprint density at radius 3 is 2.38 bits per heavy atom. The number of hydrogen-bond acceptors (Lipinski definition) is 9. The van der Waals surface area contributed by atoms with Crippen molar-refractivity contribution in [1.29, 1.82) is 0 Å². The highest BCUT2D eigenvalue weighted by Gasteiger charge is 2.45. The minimum absolute atomic E-state index is 0.0513. The molecule has 2 fully saturated rings. The molecule has 314 valence electrons. The maximum atomic E-state index is 14.6. The third-order valence-electron chi connectivity index (χ3n) is 10.9. The Morgan fingerprint density at radius 2 is 1.66 bits per heavy atom. The standard InChI is InChI=1S/C43H58N6O9/c1-4-14-33(39(52)41(54)44-26-36(51)47-37(42(55)48(2)3)29-16-7-5-8-17-29)45-40(53)34-25-32-27-49(34)43(56)38(30-18-9-6-10-19-30)46-35(50)24-28-15-13-20-31(23-28)57-21-11-12-22-58-32/h5,7-8,13,15-17,20,23,30,32-34,37-38H,4,6,9-12,14,18-19,21-22,24-27H2,1-3H3,(H,44,54)(H,45,53)(H,46,50)(H,47,51)/t32-,33?,34+,37+,38+/m1/s1. The third kappa shape index (κ3) is 12.1. The number of fused-ring (bicyclic) bond motifs is 4. The molecule has 1 aliphatic carbocycles. The van der Waals surface area contributed by atoms with Gasteiger partial charge in [-0.15, -0.1) is 0 Å². The predicted molar refractivity (Wildman–Crippen MR) is 214 cm³/mol. The van der Waals surface area contributed by atoms with E-state index in [0.717, 1.165) is 37.7 Å². The average Bonchev–Trinajstić information content (AvgIpc) is 3.66. The van der Waals surface area contributed by atoms with Crippen molar-refractivity contribution in [2.24, 2.45) is 5.92 Å². The van der Waals surface area contributed by atoms with Crippen LogP contribution in [0.15, 0.2) is 54.6 Å². The first-order valence-corrected chi connectivity index (χ1v) is 20.6. The number of amides is 6. The zero-order chi connectivity index (χ0) is 41.6. The van der Waals surface area contributed by atoms with Crippen LogP contribution < -0.4 is 26.0 Å². The summed E-state index contributed by atoms with van der Waals surface area (Å²) in [6.07, 6.45) is 6.09. The lowest BCUT2D eigenvalue weighted by Gasteiger charge is -2.35. The number of nitrogens with zero attached hydrogens (tertiary/aromatic N) is 2. The summed E-state index contributed by atoms with van der Waals surface area (Å²) < 4.78 is 12.1. The van der Waals surface area contributed by atoms with E-state index in [0.29, 0.717) is 43.8 Å². The zero-order valence-electron chi connectivity index (χ0n) is 33.8. The maximum Gasteiger partial charge on any atom is 0.290 e. The summed E-state index contributed by atoms with van der Waals surface area (Å²) in [5.74, 6) is -3.85. The lowest BCUT2D eigenvalue weighted by atomic mass is 9.83. The monoisotopic (exact) mass is 802 g/mol. The number of rotatable bonds is 12. The van der Waals surface area contributed by atoms with E-state index in [9.17, 15) is 33.6 Å². The molecule has 2 aliphatic heterocycles. The van der Waals surface area contributed by atoms with Crippen molar-refractivity contribution in [2.45, 2.75) is 108 Å². The molecule has 0 spiro atoms. The molecule has 1 unspecified atom stereocenters. The average molecular weight is 803 g/mol. The molecule has 2 aromatic carbocycles. The molecule has 2 aromatic rings. The molecule has 0 aromatic heterocycles. The van der Waals surface area contributed by atoms with Gasteiger partial charge in [0, 0.05) is 33.7 Å². The number of carbonyl (C=O) groups is 7. The number of carbonyl (C=O) groups excluding carboxylic acids is 7. The molecule has 0 radical (unpaired) electrons. The van der Waals surface area contributed by atoms with Crippen molar-refractivity contribution in [2.75, 3.05) is 40.4 Å². The molecule has 1 saturated carbocycles. The van der Waals surface area contributed by atoms with Gasteiger partial charge in [0.1, 0.15) is 23.9 Å². The Morgan fingerprint density at radius 1 is 0.914 bits per heavy atom. The van der Waals surface area contributed by atoms with E-state index in [-0.39, 0.29) is 49.4 Å². The van der Waals surface area contributed by atoms with Gasteiger partial charge in [0.25, 0.3) is 5.91 Å². The number of ether oxygens (including phenoxy) is 2. The zero-order valence-corrected chi connectivity index (χ0v) is 33.8. The van der Waals surface area contributed by atoms with E-state index >= 15 is 0 Å². The molecular formula is C43H58N6O9. The van der Waals surface area contributed by atoms with Crippen LogP contribution in [-0.2, 0) is 44.7 Å². The Labute approximate surface area is 340 Å². The third-order valence-corrected chi connectivity index (χ3v) is 10.9. The van der Waals surface area contributed by atoms with Crippen LogP contribution in [0.3, 0.4) is 0 Å². The van der Waals surface area contributed by atoms with Crippen molar-refractivity contribution in [3.8, 4) is 5.75 Å². The Balaban J connectivity index is 1.29. The van der Waals surface area contributed by atoms with E-state index in [4.69, 9.17) is 9.47 Å². The first-order chi connectivity index (χ1) is 27.9. The first-order valence-electron chi connectivity index (χ1n) is 20.6. The summed E-state index contributed by atoms with van der Waals surface area (Å²) in [6.45, 7) is 2.18. The highest BCUT2D eigenvalue weighted by Crippen LogP contribution is 2.30. The van der Waals surface area contributed by atoms with E-state index in [2.05, 4.69) is 21.3 Å². The van der Waals surface area contributed by atoms with Crippen LogP contribution in [0.25, 0.3) is 0 Å². The quantitative estimate of drug-likeness (QED) is 0.234. The maximum absolute atomic E-state index is 14.6. The van der Waals surface area contributed by atoms with E-state index in [1.165, 1.54) is 9.80 Å². The van der Waals surface area contributed by atoms with Gasteiger partial charge >= 0.3 is 0 Å². The van der Waals surface area contributed by atoms with E-state index in [1.807, 2.05) is 24.3 Å². The Kier molecular flexibility index (Phi) is 16.2. The van der Waals surface area contributed by atoms with Crippen molar-refractivity contribution in [3.63, 3.8) is 0 Å². The van der Waals surface area contributed by atoms with Crippen LogP contribution in [0.1, 0.15) is 88.3 Å². The highest BCUT2D eigenvalue weighted by molar-refractivity contribution is 6.38. The lowest BCUT2D eigenvalue weighted by molar-refractivity contribution is -0.144. The molecule has 4 N–H and O–H groups in total. The van der Waals surface area contributed by atoms with Crippen molar-refractivity contribution in [1.82, 2.24) is 31.1 Å². The molecule has 5 rings (SSSR count). The van der Waals surface area contributed by atoms with Gasteiger partial charge in [0.05, 0.1) is 31.7 Å². The molecule has 5 atom stereocenters. The van der Waals surface area contributed by atoms with Crippen LogP contribution in [-0.4, -0.2) is 116 Å². The minimum atomic E-state index is -1.24. The first kappa shape index (κ1) is 43.8. The molecule has 1 saturated heterocycles. The highest BCUT2D eigenvalue weighted by atomic mass is 16.5. The second kappa shape index (κ2) is 21.4.